The van der Waals surface area contributed by atoms with Crippen LogP contribution in [-0.4, -0.2) is 18.0 Å². The molecule has 1 saturated carbocycles. The molecule has 2 aliphatic rings. The van der Waals surface area contributed by atoms with E-state index in [4.69, 9.17) is 5.73 Å². The molecular weight excluding hydrogens is 212 g/mol. The SMILES string of the molecule is Cc1ccccc1N1CC(C2(N)CC2)CC1=O. The molecule has 0 radical (unpaired) electrons. The number of hydrogen-bond donors (Lipinski definition) is 1. The van der Waals surface area contributed by atoms with Crippen LogP contribution in [0.4, 0.5) is 5.69 Å². The molecule has 1 heterocycles. The molecule has 3 heteroatoms. The van der Waals surface area contributed by atoms with E-state index in [9.17, 15) is 4.79 Å². The maximum Gasteiger partial charge on any atom is 0.227 e. The Kier molecular flexibility index (Phi) is 2.26. The fourth-order valence-corrected chi connectivity index (χ4v) is 2.74. The minimum Gasteiger partial charge on any atom is -0.325 e. The van der Waals surface area contributed by atoms with Crippen LogP contribution >= 0.6 is 0 Å². The predicted molar refractivity (Wildman–Crippen MR) is 67.8 cm³/mol. The number of nitrogens with two attached hydrogens (primary N) is 1. The number of carbonyl (C=O) groups is 1. The fourth-order valence-electron chi connectivity index (χ4n) is 2.74. The molecule has 1 aliphatic carbocycles. The van der Waals surface area contributed by atoms with Crippen LogP contribution in [0.3, 0.4) is 0 Å². The van der Waals surface area contributed by atoms with Gasteiger partial charge in [-0.3, -0.25) is 4.79 Å². The van der Waals surface area contributed by atoms with E-state index < -0.39 is 0 Å². The maximum absolute atomic E-state index is 12.1. The first-order valence-electron chi connectivity index (χ1n) is 6.25. The second-order valence-electron chi connectivity index (χ2n) is 5.43. The van der Waals surface area contributed by atoms with Gasteiger partial charge in [0.2, 0.25) is 5.91 Å². The van der Waals surface area contributed by atoms with Gasteiger partial charge in [0.1, 0.15) is 0 Å². The maximum atomic E-state index is 12.1. The van der Waals surface area contributed by atoms with Crippen molar-refractivity contribution in [2.24, 2.45) is 11.7 Å². The quantitative estimate of drug-likeness (QED) is 0.842. The standard InChI is InChI=1S/C14H18N2O/c1-10-4-2-3-5-12(10)16-9-11(8-13(16)17)14(15)6-7-14/h2-5,11H,6-9,15H2,1H3. The zero-order valence-corrected chi connectivity index (χ0v) is 10.1. The molecule has 1 aromatic carbocycles. The van der Waals surface area contributed by atoms with E-state index in [1.54, 1.807) is 0 Å². The zero-order chi connectivity index (χ0) is 12.0. The second kappa shape index (κ2) is 3.57. The highest BCUT2D eigenvalue weighted by atomic mass is 16.2. The zero-order valence-electron chi connectivity index (χ0n) is 10.1. The van der Waals surface area contributed by atoms with E-state index in [0.717, 1.165) is 30.6 Å². The third kappa shape index (κ3) is 1.75. The smallest absolute Gasteiger partial charge is 0.227 e. The molecule has 1 aliphatic heterocycles. The van der Waals surface area contributed by atoms with Crippen molar-refractivity contribution in [1.82, 2.24) is 0 Å². The normalized spacial score (nSPS) is 26.4. The fraction of sp³-hybridized carbons (Fsp3) is 0.500. The summed E-state index contributed by atoms with van der Waals surface area (Å²) in [7, 11) is 0. The van der Waals surface area contributed by atoms with Gasteiger partial charge in [-0.2, -0.15) is 0 Å². The minimum atomic E-state index is -0.0485. The van der Waals surface area contributed by atoms with Crippen LogP contribution in [0, 0.1) is 12.8 Å². The number of carbonyl (C=O) groups excluding carboxylic acids is 1. The number of amides is 1. The van der Waals surface area contributed by atoms with Crippen molar-refractivity contribution >= 4 is 11.6 Å². The Labute approximate surface area is 102 Å². The minimum absolute atomic E-state index is 0.0485. The Balaban J connectivity index is 1.85. The molecule has 1 amide bonds. The molecule has 1 atom stereocenters. The second-order valence-corrected chi connectivity index (χ2v) is 5.43. The van der Waals surface area contributed by atoms with Crippen molar-refractivity contribution in [2.75, 3.05) is 11.4 Å². The third-order valence-electron chi connectivity index (χ3n) is 4.17. The first-order chi connectivity index (χ1) is 8.10. The lowest BCUT2D eigenvalue weighted by Gasteiger charge is -2.21. The molecule has 3 nitrogen and oxygen atoms in total. The van der Waals surface area contributed by atoms with Crippen molar-refractivity contribution in [3.63, 3.8) is 0 Å². The average molecular weight is 230 g/mol. The Bertz CT molecular complexity index is 465. The number of nitrogens with zero attached hydrogens (tertiary/aromatic N) is 1. The molecule has 2 N–H and O–H groups in total. The van der Waals surface area contributed by atoms with E-state index >= 15 is 0 Å². The van der Waals surface area contributed by atoms with Gasteiger partial charge in [0.25, 0.3) is 0 Å². The lowest BCUT2D eigenvalue weighted by Crippen LogP contribution is -2.34. The summed E-state index contributed by atoms with van der Waals surface area (Å²) in [6.07, 6.45) is 2.77. The van der Waals surface area contributed by atoms with Gasteiger partial charge in [-0.05, 0) is 31.4 Å². The van der Waals surface area contributed by atoms with E-state index in [2.05, 4.69) is 0 Å². The third-order valence-corrected chi connectivity index (χ3v) is 4.17. The lowest BCUT2D eigenvalue weighted by atomic mass is 9.97. The number of hydrogen-bond acceptors (Lipinski definition) is 2. The van der Waals surface area contributed by atoms with E-state index in [1.807, 2.05) is 36.1 Å². The van der Waals surface area contributed by atoms with Crippen molar-refractivity contribution in [3.8, 4) is 0 Å². The molecular formula is C14H18N2O. The van der Waals surface area contributed by atoms with Gasteiger partial charge in [-0.15, -0.1) is 0 Å². The summed E-state index contributed by atoms with van der Waals surface area (Å²) < 4.78 is 0. The Hall–Kier alpha value is -1.35. The van der Waals surface area contributed by atoms with Crippen molar-refractivity contribution in [2.45, 2.75) is 31.7 Å². The van der Waals surface area contributed by atoms with E-state index in [1.165, 1.54) is 0 Å². The number of para-hydroxylation sites is 1. The van der Waals surface area contributed by atoms with Gasteiger partial charge in [-0.1, -0.05) is 18.2 Å². The molecule has 2 fully saturated rings. The average Bonchev–Trinajstić information content (AvgIpc) is 2.93. The first kappa shape index (κ1) is 10.8. The Morgan fingerprint density at radius 2 is 2.06 bits per heavy atom. The van der Waals surface area contributed by atoms with Gasteiger partial charge in [0.05, 0.1) is 0 Å². The summed E-state index contributed by atoms with van der Waals surface area (Å²) in [6.45, 7) is 2.84. The van der Waals surface area contributed by atoms with Gasteiger partial charge in [0.15, 0.2) is 0 Å². The van der Waals surface area contributed by atoms with Gasteiger partial charge < -0.3 is 10.6 Å². The van der Waals surface area contributed by atoms with Crippen LogP contribution in [0.15, 0.2) is 24.3 Å². The summed E-state index contributed by atoms with van der Waals surface area (Å²) in [5.74, 6) is 0.565. The molecule has 3 rings (SSSR count). The van der Waals surface area contributed by atoms with Crippen LogP contribution in [0.2, 0.25) is 0 Å². The first-order valence-corrected chi connectivity index (χ1v) is 6.25. The molecule has 0 aromatic heterocycles. The Morgan fingerprint density at radius 1 is 1.35 bits per heavy atom. The van der Waals surface area contributed by atoms with Crippen LogP contribution < -0.4 is 10.6 Å². The van der Waals surface area contributed by atoms with Crippen LogP contribution in [0.1, 0.15) is 24.8 Å². The van der Waals surface area contributed by atoms with Crippen molar-refractivity contribution in [1.29, 1.82) is 0 Å². The molecule has 90 valence electrons. The molecule has 1 aromatic rings. The van der Waals surface area contributed by atoms with E-state index in [-0.39, 0.29) is 11.4 Å². The highest BCUT2D eigenvalue weighted by Crippen LogP contribution is 2.45. The van der Waals surface area contributed by atoms with Crippen LogP contribution in [-0.2, 0) is 4.79 Å². The van der Waals surface area contributed by atoms with Crippen molar-refractivity contribution in [3.05, 3.63) is 29.8 Å². The largest absolute Gasteiger partial charge is 0.325 e. The van der Waals surface area contributed by atoms with Gasteiger partial charge >= 0.3 is 0 Å². The topological polar surface area (TPSA) is 46.3 Å². The number of rotatable bonds is 2. The number of aryl methyl sites for hydroxylation is 1. The summed E-state index contributed by atoms with van der Waals surface area (Å²) in [6, 6.07) is 8.05. The van der Waals surface area contributed by atoms with Gasteiger partial charge in [0, 0.05) is 30.1 Å². The summed E-state index contributed by atoms with van der Waals surface area (Å²) in [5, 5.41) is 0. The number of benzene rings is 1. The van der Waals surface area contributed by atoms with E-state index in [0.29, 0.717) is 12.3 Å². The highest BCUT2D eigenvalue weighted by Gasteiger charge is 2.50. The highest BCUT2D eigenvalue weighted by molar-refractivity contribution is 5.96. The van der Waals surface area contributed by atoms with Crippen LogP contribution in [0.5, 0.6) is 0 Å². The molecule has 0 spiro atoms. The molecule has 0 bridgehead atoms. The number of anilines is 1. The summed E-state index contributed by atoms with van der Waals surface area (Å²) in [5.41, 5.74) is 8.37. The Morgan fingerprint density at radius 3 is 2.71 bits per heavy atom. The molecule has 1 unspecified atom stereocenters. The summed E-state index contributed by atoms with van der Waals surface area (Å²) in [4.78, 5) is 14.0. The van der Waals surface area contributed by atoms with Gasteiger partial charge in [-0.25, -0.2) is 0 Å². The molecule has 1 saturated heterocycles. The van der Waals surface area contributed by atoms with Crippen molar-refractivity contribution < 1.29 is 4.79 Å². The van der Waals surface area contributed by atoms with Crippen LogP contribution in [0.25, 0.3) is 0 Å². The lowest BCUT2D eigenvalue weighted by molar-refractivity contribution is -0.117. The summed E-state index contributed by atoms with van der Waals surface area (Å²) >= 11 is 0. The predicted octanol–water partition coefficient (Wildman–Crippen LogP) is 1.84. The monoisotopic (exact) mass is 230 g/mol. The molecule has 17 heavy (non-hydrogen) atoms.